The zero-order chi connectivity index (χ0) is 18.7. The van der Waals surface area contributed by atoms with Crippen LogP contribution in [0.4, 0.5) is 0 Å². The Balaban J connectivity index is -0.000000377. The van der Waals surface area contributed by atoms with Crippen molar-refractivity contribution < 1.29 is 13.3 Å². The van der Waals surface area contributed by atoms with Crippen molar-refractivity contribution in [3.63, 3.8) is 0 Å². The van der Waals surface area contributed by atoms with Gasteiger partial charge >= 0.3 is 8.80 Å². The molecule has 0 unspecified atom stereocenters. The van der Waals surface area contributed by atoms with Gasteiger partial charge in [-0.15, -0.1) is 24.8 Å². The Bertz CT molecular complexity index is 282. The number of hydrogen-bond donors (Lipinski definition) is 0. The minimum absolute atomic E-state index is 0. The third-order valence-electron chi connectivity index (χ3n) is 3.37. The lowest BCUT2D eigenvalue weighted by atomic mass is 10.1. The van der Waals surface area contributed by atoms with Crippen molar-refractivity contribution in [1.82, 2.24) is 4.90 Å². The summed E-state index contributed by atoms with van der Waals surface area (Å²) in [6.45, 7) is 11.0. The molecule has 0 aromatic rings. The minimum atomic E-state index is -2.53. The Kier molecular flexibility index (Phi) is 26.0. The molecule has 0 aromatic carbocycles. The Morgan fingerprint density at radius 1 is 0.800 bits per heavy atom. The van der Waals surface area contributed by atoms with E-state index in [9.17, 15) is 0 Å². The van der Waals surface area contributed by atoms with Gasteiger partial charge in [-0.25, -0.2) is 0 Å². The van der Waals surface area contributed by atoms with Gasteiger partial charge < -0.3 is 18.2 Å². The highest BCUT2D eigenvalue weighted by atomic mass is 35.5. The smallest absolute Gasteiger partial charge is 0.373 e. The summed E-state index contributed by atoms with van der Waals surface area (Å²) < 4.78 is 16.5. The lowest BCUT2D eigenvalue weighted by Gasteiger charge is -2.26. The van der Waals surface area contributed by atoms with Crippen LogP contribution in [0.2, 0.25) is 6.04 Å². The first-order valence-corrected chi connectivity index (χ1v) is 11.4. The first-order valence-electron chi connectivity index (χ1n) is 9.51. The minimum Gasteiger partial charge on any atom is -0.373 e. The van der Waals surface area contributed by atoms with Crippen molar-refractivity contribution in [2.45, 2.75) is 72.3 Å². The van der Waals surface area contributed by atoms with Gasteiger partial charge in [0.2, 0.25) is 0 Å². The van der Waals surface area contributed by atoms with Crippen LogP contribution in [0.1, 0.15) is 66.2 Å². The van der Waals surface area contributed by atoms with Crippen LogP contribution >= 0.6 is 12.4 Å². The van der Waals surface area contributed by atoms with Gasteiger partial charge in [0, 0.05) is 19.8 Å². The maximum Gasteiger partial charge on any atom is 0.513 e. The number of terminal acetylenes is 1. The summed E-state index contributed by atoms with van der Waals surface area (Å²) in [6.07, 6.45) is 13.7. The van der Waals surface area contributed by atoms with E-state index in [0.29, 0.717) is 25.9 Å². The molecular weight excluding hydrogens is 354 g/mol. The van der Waals surface area contributed by atoms with Gasteiger partial charge in [-0.2, -0.15) is 0 Å². The van der Waals surface area contributed by atoms with Crippen LogP contribution in [-0.2, 0) is 13.3 Å². The SMILES string of the molecule is C#CC[Si](OCC)(OCC)OCC.CCCCCCCCN(C)C.Cl. The predicted molar refractivity (Wildman–Crippen MR) is 113 cm³/mol. The standard InChI is InChI=1S/C10H23N.C9H18O3Si.ClH/c1-4-5-6-7-8-9-10-11(2)3;1-5-9-13(10-6-2,11-7-3)12-8-4;/h4-10H2,1-3H3;1H,6-9H2,2-4H3;1H. The maximum absolute atomic E-state index is 5.50. The van der Waals surface area contributed by atoms with E-state index in [2.05, 4.69) is 31.8 Å². The maximum atomic E-state index is 5.50. The Morgan fingerprint density at radius 2 is 1.24 bits per heavy atom. The van der Waals surface area contributed by atoms with Crippen molar-refractivity contribution >= 4 is 21.2 Å². The van der Waals surface area contributed by atoms with Crippen LogP contribution in [0.5, 0.6) is 0 Å². The molecule has 0 aliphatic heterocycles. The van der Waals surface area contributed by atoms with E-state index < -0.39 is 8.80 Å². The third kappa shape index (κ3) is 20.1. The van der Waals surface area contributed by atoms with Gasteiger partial charge in [-0.3, -0.25) is 0 Å². The molecule has 0 aliphatic carbocycles. The van der Waals surface area contributed by atoms with Crippen LogP contribution < -0.4 is 0 Å². The molecule has 0 rings (SSSR count). The molecule has 0 fully saturated rings. The highest BCUT2D eigenvalue weighted by Crippen LogP contribution is 2.14. The molecule has 0 saturated heterocycles. The van der Waals surface area contributed by atoms with Gasteiger partial charge in [-0.05, 0) is 47.8 Å². The fraction of sp³-hybridized carbons (Fsp3) is 0.895. The van der Waals surface area contributed by atoms with E-state index in [0.717, 1.165) is 0 Å². The van der Waals surface area contributed by atoms with Gasteiger partial charge in [0.1, 0.15) is 0 Å². The van der Waals surface area contributed by atoms with Crippen molar-refractivity contribution in [3.05, 3.63) is 0 Å². The summed E-state index contributed by atoms with van der Waals surface area (Å²) in [5, 5.41) is 0. The van der Waals surface area contributed by atoms with Crippen molar-refractivity contribution in [2.75, 3.05) is 40.5 Å². The van der Waals surface area contributed by atoms with Crippen molar-refractivity contribution in [1.29, 1.82) is 0 Å². The Morgan fingerprint density at radius 3 is 1.60 bits per heavy atom. The second-order valence-electron chi connectivity index (χ2n) is 5.93. The zero-order valence-corrected chi connectivity index (χ0v) is 19.3. The molecule has 6 heteroatoms. The van der Waals surface area contributed by atoms with E-state index in [1.807, 2.05) is 20.8 Å². The average Bonchev–Trinajstić information content (AvgIpc) is 2.52. The van der Waals surface area contributed by atoms with E-state index in [1.165, 1.54) is 45.1 Å². The molecule has 0 bridgehead atoms. The molecule has 0 heterocycles. The number of rotatable bonds is 14. The molecule has 152 valence electrons. The Hall–Kier alpha value is -0.0931. The largest absolute Gasteiger partial charge is 0.513 e. The molecule has 25 heavy (non-hydrogen) atoms. The van der Waals surface area contributed by atoms with Crippen molar-refractivity contribution in [3.8, 4) is 12.3 Å². The second kappa shape index (κ2) is 21.9. The molecule has 0 atom stereocenters. The summed E-state index contributed by atoms with van der Waals surface area (Å²) >= 11 is 0. The normalized spacial score (nSPS) is 10.6. The highest BCUT2D eigenvalue weighted by molar-refractivity contribution is 6.61. The molecular formula is C19H42ClNO3Si. The summed E-state index contributed by atoms with van der Waals surface area (Å²) in [6, 6.07) is 0.447. The van der Waals surface area contributed by atoms with Gasteiger partial charge in [0.25, 0.3) is 0 Å². The molecule has 0 saturated carbocycles. The van der Waals surface area contributed by atoms with E-state index in [4.69, 9.17) is 19.7 Å². The topological polar surface area (TPSA) is 30.9 Å². The number of hydrogen-bond acceptors (Lipinski definition) is 4. The highest BCUT2D eigenvalue weighted by Gasteiger charge is 2.39. The van der Waals surface area contributed by atoms with E-state index in [1.54, 1.807) is 0 Å². The second-order valence-corrected chi connectivity index (χ2v) is 8.52. The molecule has 0 aliphatic rings. The molecule has 0 spiro atoms. The van der Waals surface area contributed by atoms with Crippen LogP contribution in [0.25, 0.3) is 0 Å². The predicted octanol–water partition coefficient (Wildman–Crippen LogP) is 5.00. The van der Waals surface area contributed by atoms with Gasteiger partial charge in [-0.1, -0.05) is 39.0 Å². The van der Waals surface area contributed by atoms with E-state index in [-0.39, 0.29) is 12.4 Å². The fourth-order valence-corrected chi connectivity index (χ4v) is 4.40. The third-order valence-corrected chi connectivity index (χ3v) is 6.19. The molecule has 0 aromatic heterocycles. The fourth-order valence-electron chi connectivity index (χ4n) is 2.27. The van der Waals surface area contributed by atoms with Crippen LogP contribution in [0, 0.1) is 12.3 Å². The van der Waals surface area contributed by atoms with Crippen LogP contribution in [0.15, 0.2) is 0 Å². The summed E-state index contributed by atoms with van der Waals surface area (Å²) in [5.74, 6) is 2.55. The number of halogens is 1. The first kappa shape index (κ1) is 29.7. The number of unbranched alkanes of at least 4 members (excludes halogenated alkanes) is 5. The monoisotopic (exact) mass is 395 g/mol. The molecule has 0 radical (unpaired) electrons. The quantitative estimate of drug-likeness (QED) is 0.235. The first-order chi connectivity index (χ1) is 11.5. The molecule has 4 nitrogen and oxygen atoms in total. The summed E-state index contributed by atoms with van der Waals surface area (Å²) in [5.41, 5.74) is 0. The summed E-state index contributed by atoms with van der Waals surface area (Å²) in [7, 11) is 1.76. The lowest BCUT2D eigenvalue weighted by molar-refractivity contribution is 0.0748. The summed E-state index contributed by atoms with van der Waals surface area (Å²) in [4.78, 5) is 2.26. The average molecular weight is 396 g/mol. The number of nitrogens with zero attached hydrogens (tertiary/aromatic N) is 1. The van der Waals surface area contributed by atoms with Gasteiger partial charge in [0.15, 0.2) is 0 Å². The molecule has 0 N–H and O–H groups in total. The van der Waals surface area contributed by atoms with E-state index >= 15 is 0 Å². The molecule has 0 amide bonds. The Labute approximate surface area is 164 Å². The van der Waals surface area contributed by atoms with Crippen molar-refractivity contribution in [2.24, 2.45) is 0 Å². The van der Waals surface area contributed by atoms with Crippen LogP contribution in [-0.4, -0.2) is 54.2 Å². The van der Waals surface area contributed by atoms with Crippen LogP contribution in [0.3, 0.4) is 0 Å². The lowest BCUT2D eigenvalue weighted by Crippen LogP contribution is -2.45. The zero-order valence-electron chi connectivity index (χ0n) is 17.4. The van der Waals surface area contributed by atoms with Gasteiger partial charge in [0.05, 0.1) is 6.04 Å².